The monoisotopic (exact) mass is 280 g/mol. The fourth-order valence-corrected chi connectivity index (χ4v) is 3.48. The number of benzene rings is 1. The molecule has 2 aromatic rings. The van der Waals surface area contributed by atoms with Crippen LogP contribution in [0, 0.1) is 0 Å². The third-order valence-electron chi connectivity index (χ3n) is 4.24. The number of nitrogens with zero attached hydrogens (tertiary/aromatic N) is 2. The Morgan fingerprint density at radius 3 is 2.52 bits per heavy atom. The van der Waals surface area contributed by atoms with Crippen molar-refractivity contribution in [2.45, 2.75) is 38.8 Å². The smallest absolute Gasteiger partial charge is 0.220 e. The standard InChI is InChI=1S/C18H20N2O/c1-13(21)20-17(14-8-10-19-11-9-14)16-7-5-4-6-15(16)12-18(20,2)3/h4-11,17H,12H2,1-3H3. The van der Waals surface area contributed by atoms with E-state index in [4.69, 9.17) is 0 Å². The van der Waals surface area contributed by atoms with E-state index >= 15 is 0 Å². The Bertz CT molecular complexity index is 664. The first-order chi connectivity index (χ1) is 10.0. The Hall–Kier alpha value is -2.16. The molecule has 1 aliphatic rings. The lowest BCUT2D eigenvalue weighted by molar-refractivity contribution is -0.137. The van der Waals surface area contributed by atoms with Crippen molar-refractivity contribution in [2.24, 2.45) is 0 Å². The first kappa shape index (κ1) is 13.8. The summed E-state index contributed by atoms with van der Waals surface area (Å²) in [6.45, 7) is 5.93. The van der Waals surface area contributed by atoms with Gasteiger partial charge in [-0.2, -0.15) is 0 Å². The Labute approximate surface area is 125 Å². The fraction of sp³-hybridized carbons (Fsp3) is 0.333. The molecule has 1 atom stereocenters. The topological polar surface area (TPSA) is 33.2 Å². The van der Waals surface area contributed by atoms with Crippen molar-refractivity contribution in [3.8, 4) is 0 Å². The van der Waals surface area contributed by atoms with Crippen LogP contribution in [0.4, 0.5) is 0 Å². The molecule has 0 fully saturated rings. The second kappa shape index (κ2) is 4.99. The third-order valence-corrected chi connectivity index (χ3v) is 4.24. The molecule has 3 nitrogen and oxygen atoms in total. The van der Waals surface area contributed by atoms with Gasteiger partial charge in [-0.05, 0) is 49.1 Å². The number of pyridine rings is 1. The highest BCUT2D eigenvalue weighted by Gasteiger charge is 2.41. The predicted octanol–water partition coefficient (Wildman–Crippen LogP) is 3.35. The van der Waals surface area contributed by atoms with Crippen LogP contribution in [0.25, 0.3) is 0 Å². The van der Waals surface area contributed by atoms with Crippen molar-refractivity contribution >= 4 is 5.91 Å². The molecule has 21 heavy (non-hydrogen) atoms. The minimum absolute atomic E-state index is 0.0366. The van der Waals surface area contributed by atoms with Crippen LogP contribution in [0.5, 0.6) is 0 Å². The quantitative estimate of drug-likeness (QED) is 0.802. The molecule has 0 N–H and O–H groups in total. The van der Waals surface area contributed by atoms with Gasteiger partial charge in [-0.3, -0.25) is 9.78 Å². The van der Waals surface area contributed by atoms with Crippen LogP contribution < -0.4 is 0 Å². The summed E-state index contributed by atoms with van der Waals surface area (Å²) in [5, 5.41) is 0. The molecule has 2 heterocycles. The van der Waals surface area contributed by atoms with Crippen LogP contribution in [0.2, 0.25) is 0 Å². The molecule has 3 rings (SSSR count). The summed E-state index contributed by atoms with van der Waals surface area (Å²) < 4.78 is 0. The van der Waals surface area contributed by atoms with Gasteiger partial charge in [0.2, 0.25) is 5.91 Å². The molecule has 1 aliphatic heterocycles. The number of aromatic nitrogens is 1. The average Bonchev–Trinajstić information content (AvgIpc) is 2.45. The van der Waals surface area contributed by atoms with Crippen molar-refractivity contribution in [1.82, 2.24) is 9.88 Å². The summed E-state index contributed by atoms with van der Waals surface area (Å²) in [5.41, 5.74) is 3.45. The Morgan fingerprint density at radius 1 is 1.19 bits per heavy atom. The highest BCUT2D eigenvalue weighted by molar-refractivity contribution is 5.76. The van der Waals surface area contributed by atoms with Crippen molar-refractivity contribution < 1.29 is 4.79 Å². The largest absolute Gasteiger partial charge is 0.326 e. The zero-order valence-electron chi connectivity index (χ0n) is 12.7. The molecule has 108 valence electrons. The molecule has 0 aliphatic carbocycles. The third kappa shape index (κ3) is 2.33. The summed E-state index contributed by atoms with van der Waals surface area (Å²) in [7, 11) is 0. The Morgan fingerprint density at radius 2 is 1.86 bits per heavy atom. The number of carbonyl (C=O) groups is 1. The average molecular weight is 280 g/mol. The summed E-state index contributed by atoms with van der Waals surface area (Å²) in [6, 6.07) is 12.4. The molecule has 0 bridgehead atoms. The second-order valence-electron chi connectivity index (χ2n) is 6.26. The van der Waals surface area contributed by atoms with E-state index in [1.54, 1.807) is 19.3 Å². The molecule has 0 saturated carbocycles. The molecular formula is C18H20N2O. The van der Waals surface area contributed by atoms with E-state index in [2.05, 4.69) is 37.0 Å². The summed E-state index contributed by atoms with van der Waals surface area (Å²) in [5.74, 6) is 0.108. The molecule has 1 aromatic heterocycles. The highest BCUT2D eigenvalue weighted by atomic mass is 16.2. The molecule has 1 unspecified atom stereocenters. The minimum Gasteiger partial charge on any atom is -0.326 e. The van der Waals surface area contributed by atoms with Gasteiger partial charge in [0.05, 0.1) is 6.04 Å². The normalized spacial score (nSPS) is 20.0. The predicted molar refractivity (Wildman–Crippen MR) is 82.8 cm³/mol. The van der Waals surface area contributed by atoms with Gasteiger partial charge in [0, 0.05) is 24.9 Å². The van der Waals surface area contributed by atoms with Gasteiger partial charge in [0.1, 0.15) is 0 Å². The van der Waals surface area contributed by atoms with Gasteiger partial charge in [0.15, 0.2) is 0 Å². The van der Waals surface area contributed by atoms with Crippen LogP contribution in [-0.2, 0) is 11.2 Å². The number of fused-ring (bicyclic) bond motifs is 1. The second-order valence-corrected chi connectivity index (χ2v) is 6.26. The zero-order chi connectivity index (χ0) is 15.0. The van der Waals surface area contributed by atoms with E-state index in [0.717, 1.165) is 12.0 Å². The van der Waals surface area contributed by atoms with Crippen LogP contribution >= 0.6 is 0 Å². The molecule has 3 heteroatoms. The lowest BCUT2D eigenvalue weighted by Gasteiger charge is -2.48. The SMILES string of the molecule is CC(=O)N1C(c2ccncc2)c2ccccc2CC1(C)C. The zero-order valence-corrected chi connectivity index (χ0v) is 12.7. The number of rotatable bonds is 1. The molecular weight excluding hydrogens is 260 g/mol. The van der Waals surface area contributed by atoms with E-state index in [-0.39, 0.29) is 17.5 Å². The fourth-order valence-electron chi connectivity index (χ4n) is 3.48. The number of hydrogen-bond acceptors (Lipinski definition) is 2. The highest BCUT2D eigenvalue weighted by Crippen LogP contribution is 2.42. The van der Waals surface area contributed by atoms with Crippen molar-refractivity contribution in [2.75, 3.05) is 0 Å². The number of hydrogen-bond donors (Lipinski definition) is 0. The molecule has 0 radical (unpaired) electrons. The van der Waals surface area contributed by atoms with E-state index in [9.17, 15) is 4.79 Å². The van der Waals surface area contributed by atoms with Gasteiger partial charge in [-0.15, -0.1) is 0 Å². The number of carbonyl (C=O) groups excluding carboxylic acids is 1. The maximum atomic E-state index is 12.3. The summed E-state index contributed by atoms with van der Waals surface area (Å²) >= 11 is 0. The van der Waals surface area contributed by atoms with Gasteiger partial charge in [-0.25, -0.2) is 0 Å². The van der Waals surface area contributed by atoms with Crippen LogP contribution in [-0.4, -0.2) is 21.3 Å². The summed E-state index contributed by atoms with van der Waals surface area (Å²) in [4.78, 5) is 18.4. The first-order valence-electron chi connectivity index (χ1n) is 7.28. The van der Waals surface area contributed by atoms with Crippen molar-refractivity contribution in [1.29, 1.82) is 0 Å². The van der Waals surface area contributed by atoms with Gasteiger partial charge in [0.25, 0.3) is 0 Å². The maximum Gasteiger partial charge on any atom is 0.220 e. The molecule has 0 saturated heterocycles. The van der Waals surface area contributed by atoms with Gasteiger partial charge < -0.3 is 4.90 Å². The molecule has 0 spiro atoms. The Balaban J connectivity index is 2.22. The maximum absolute atomic E-state index is 12.3. The van der Waals surface area contributed by atoms with E-state index in [1.807, 2.05) is 23.1 Å². The Kier molecular flexibility index (Phi) is 3.28. The molecule has 1 aromatic carbocycles. The van der Waals surface area contributed by atoms with E-state index < -0.39 is 0 Å². The summed E-state index contributed by atoms with van der Waals surface area (Å²) in [6.07, 6.45) is 4.46. The van der Waals surface area contributed by atoms with Crippen LogP contribution in [0.15, 0.2) is 48.8 Å². The van der Waals surface area contributed by atoms with Crippen LogP contribution in [0.3, 0.4) is 0 Å². The van der Waals surface area contributed by atoms with Crippen molar-refractivity contribution in [3.63, 3.8) is 0 Å². The first-order valence-corrected chi connectivity index (χ1v) is 7.28. The lowest BCUT2D eigenvalue weighted by atomic mass is 9.79. The van der Waals surface area contributed by atoms with Crippen LogP contribution in [0.1, 0.15) is 43.5 Å². The van der Waals surface area contributed by atoms with E-state index in [1.165, 1.54) is 11.1 Å². The van der Waals surface area contributed by atoms with E-state index in [0.29, 0.717) is 0 Å². The molecule has 1 amide bonds. The minimum atomic E-state index is -0.200. The van der Waals surface area contributed by atoms with Gasteiger partial charge >= 0.3 is 0 Å². The van der Waals surface area contributed by atoms with Gasteiger partial charge in [-0.1, -0.05) is 24.3 Å². The number of amides is 1. The lowest BCUT2D eigenvalue weighted by Crippen LogP contribution is -2.53. The van der Waals surface area contributed by atoms with Crippen molar-refractivity contribution in [3.05, 3.63) is 65.5 Å².